The smallest absolute Gasteiger partial charge is 0.346 e. The summed E-state index contributed by atoms with van der Waals surface area (Å²) in [6.07, 6.45) is 0. The first kappa shape index (κ1) is 14.6. The van der Waals surface area contributed by atoms with Crippen LogP contribution >= 0.6 is 22.9 Å². The third kappa shape index (κ3) is 3.00. The number of aromatic carboxylic acids is 1. The number of amides is 1. The van der Waals surface area contributed by atoms with Gasteiger partial charge in [0.15, 0.2) is 0 Å². The summed E-state index contributed by atoms with van der Waals surface area (Å²) in [4.78, 5) is 23.2. The number of carbonyl (C=O) groups is 2. The molecular weight excluding hydrogens is 298 g/mol. The second-order valence-corrected chi connectivity index (χ2v) is 5.81. The molecule has 0 spiro atoms. The minimum absolute atomic E-state index is 0.224. The molecule has 104 valence electrons. The Morgan fingerprint density at radius 2 is 1.90 bits per heavy atom. The van der Waals surface area contributed by atoms with E-state index in [2.05, 4.69) is 5.32 Å². The van der Waals surface area contributed by atoms with Gasteiger partial charge in [0.05, 0.1) is 5.00 Å². The van der Waals surface area contributed by atoms with Gasteiger partial charge in [-0.2, -0.15) is 0 Å². The summed E-state index contributed by atoms with van der Waals surface area (Å²) < 4.78 is 0. The molecule has 0 atom stereocenters. The Labute approximate surface area is 125 Å². The van der Waals surface area contributed by atoms with E-state index in [4.69, 9.17) is 16.7 Å². The summed E-state index contributed by atoms with van der Waals surface area (Å²) in [7, 11) is 0. The van der Waals surface area contributed by atoms with Crippen LogP contribution in [0.15, 0.2) is 24.3 Å². The van der Waals surface area contributed by atoms with E-state index in [1.807, 2.05) is 6.92 Å². The van der Waals surface area contributed by atoms with Crippen molar-refractivity contribution in [2.75, 3.05) is 5.32 Å². The quantitative estimate of drug-likeness (QED) is 0.901. The van der Waals surface area contributed by atoms with Crippen LogP contribution in [0.3, 0.4) is 0 Å². The third-order valence-corrected chi connectivity index (χ3v) is 4.33. The molecule has 2 N–H and O–H groups in total. The number of carboxylic acid groups (broad SMARTS) is 1. The number of carboxylic acids is 1. The fourth-order valence-corrected chi connectivity index (χ4v) is 2.76. The molecule has 20 heavy (non-hydrogen) atoms. The van der Waals surface area contributed by atoms with Gasteiger partial charge in [0, 0.05) is 10.6 Å². The van der Waals surface area contributed by atoms with Crippen molar-refractivity contribution >= 4 is 39.8 Å². The molecule has 0 saturated carbocycles. The van der Waals surface area contributed by atoms with E-state index in [1.54, 1.807) is 31.2 Å². The van der Waals surface area contributed by atoms with Crippen molar-refractivity contribution in [3.05, 3.63) is 50.9 Å². The highest BCUT2D eigenvalue weighted by molar-refractivity contribution is 7.18. The van der Waals surface area contributed by atoms with E-state index in [1.165, 1.54) is 0 Å². The second kappa shape index (κ2) is 5.64. The lowest BCUT2D eigenvalue weighted by molar-refractivity contribution is 0.0701. The molecule has 0 fully saturated rings. The number of hydrogen-bond donors (Lipinski definition) is 2. The standard InChI is InChI=1S/C14H12ClNO3S/c1-7-3-4-9(6-10(7)15)13(17)16-11-5-8(2)12(20-11)14(18)19/h3-6H,1-2H3,(H,16,17)(H,18,19). The first-order valence-electron chi connectivity index (χ1n) is 5.79. The highest BCUT2D eigenvalue weighted by atomic mass is 35.5. The minimum Gasteiger partial charge on any atom is -0.477 e. The monoisotopic (exact) mass is 309 g/mol. The van der Waals surface area contributed by atoms with E-state index in [0.29, 0.717) is 21.2 Å². The Morgan fingerprint density at radius 3 is 2.45 bits per heavy atom. The molecule has 0 bridgehead atoms. The molecule has 1 amide bonds. The highest BCUT2D eigenvalue weighted by Gasteiger charge is 2.14. The summed E-state index contributed by atoms with van der Waals surface area (Å²) in [6.45, 7) is 3.55. The van der Waals surface area contributed by atoms with Crippen LogP contribution < -0.4 is 5.32 Å². The molecule has 2 aromatic rings. The highest BCUT2D eigenvalue weighted by Crippen LogP contribution is 2.27. The van der Waals surface area contributed by atoms with Gasteiger partial charge in [0.1, 0.15) is 4.88 Å². The molecule has 0 aliphatic carbocycles. The molecule has 4 nitrogen and oxygen atoms in total. The maximum absolute atomic E-state index is 12.1. The fourth-order valence-electron chi connectivity index (χ4n) is 1.67. The van der Waals surface area contributed by atoms with Crippen LogP contribution in [0.25, 0.3) is 0 Å². The van der Waals surface area contributed by atoms with Crippen LogP contribution in [0, 0.1) is 13.8 Å². The number of hydrogen-bond acceptors (Lipinski definition) is 3. The van der Waals surface area contributed by atoms with Crippen molar-refractivity contribution < 1.29 is 14.7 Å². The van der Waals surface area contributed by atoms with Crippen molar-refractivity contribution in [2.24, 2.45) is 0 Å². The van der Waals surface area contributed by atoms with Gasteiger partial charge in [-0.1, -0.05) is 17.7 Å². The zero-order valence-electron chi connectivity index (χ0n) is 10.9. The van der Waals surface area contributed by atoms with Crippen LogP contribution in [0.4, 0.5) is 5.00 Å². The van der Waals surface area contributed by atoms with E-state index >= 15 is 0 Å². The molecule has 1 aromatic carbocycles. The van der Waals surface area contributed by atoms with Gasteiger partial charge in [0.2, 0.25) is 0 Å². The average molecular weight is 310 g/mol. The Bertz CT molecular complexity index is 694. The number of aryl methyl sites for hydroxylation is 2. The largest absolute Gasteiger partial charge is 0.477 e. The molecule has 1 aromatic heterocycles. The molecule has 2 rings (SSSR count). The van der Waals surface area contributed by atoms with Crippen LogP contribution in [0.1, 0.15) is 31.2 Å². The van der Waals surface area contributed by atoms with Gasteiger partial charge in [-0.3, -0.25) is 4.79 Å². The fraction of sp³-hybridized carbons (Fsp3) is 0.143. The molecule has 6 heteroatoms. The van der Waals surface area contributed by atoms with Gasteiger partial charge in [-0.25, -0.2) is 4.79 Å². The second-order valence-electron chi connectivity index (χ2n) is 4.35. The first-order chi connectivity index (χ1) is 9.38. The molecule has 0 aliphatic heterocycles. The van der Waals surface area contributed by atoms with Crippen molar-refractivity contribution in [3.8, 4) is 0 Å². The maximum atomic E-state index is 12.1. The van der Waals surface area contributed by atoms with Gasteiger partial charge in [-0.15, -0.1) is 11.3 Å². The van der Waals surface area contributed by atoms with Crippen molar-refractivity contribution in [1.82, 2.24) is 0 Å². The maximum Gasteiger partial charge on any atom is 0.346 e. The lowest BCUT2D eigenvalue weighted by atomic mass is 10.1. The summed E-state index contributed by atoms with van der Waals surface area (Å²) in [6, 6.07) is 6.67. The van der Waals surface area contributed by atoms with Gasteiger partial charge in [-0.05, 0) is 43.2 Å². The number of rotatable bonds is 3. The summed E-state index contributed by atoms with van der Waals surface area (Å²) in [5.41, 5.74) is 1.95. The Hall–Kier alpha value is -1.85. The summed E-state index contributed by atoms with van der Waals surface area (Å²) in [5, 5.41) is 12.7. The summed E-state index contributed by atoms with van der Waals surface area (Å²) >= 11 is 7.01. The molecule has 0 unspecified atom stereocenters. The van der Waals surface area contributed by atoms with Crippen LogP contribution in [0.2, 0.25) is 5.02 Å². The number of nitrogens with one attached hydrogen (secondary N) is 1. The summed E-state index contributed by atoms with van der Waals surface area (Å²) in [5.74, 6) is -1.31. The van der Waals surface area contributed by atoms with Crippen LogP contribution in [-0.4, -0.2) is 17.0 Å². The molecule has 0 radical (unpaired) electrons. The van der Waals surface area contributed by atoms with Gasteiger partial charge >= 0.3 is 5.97 Å². The SMILES string of the molecule is Cc1ccc(C(=O)Nc2cc(C)c(C(=O)O)s2)cc1Cl. The number of thiophene rings is 1. The van der Waals surface area contributed by atoms with Gasteiger partial charge < -0.3 is 10.4 Å². The number of benzene rings is 1. The van der Waals surface area contributed by atoms with E-state index in [9.17, 15) is 9.59 Å². The first-order valence-corrected chi connectivity index (χ1v) is 6.99. The van der Waals surface area contributed by atoms with E-state index < -0.39 is 5.97 Å². The number of halogens is 1. The number of anilines is 1. The van der Waals surface area contributed by atoms with Crippen LogP contribution in [-0.2, 0) is 0 Å². The number of carbonyl (C=O) groups excluding carboxylic acids is 1. The Balaban J connectivity index is 2.21. The lowest BCUT2D eigenvalue weighted by Gasteiger charge is -2.04. The normalized spacial score (nSPS) is 10.3. The van der Waals surface area contributed by atoms with Gasteiger partial charge in [0.25, 0.3) is 5.91 Å². The van der Waals surface area contributed by atoms with Crippen molar-refractivity contribution in [1.29, 1.82) is 0 Å². The Kier molecular flexibility index (Phi) is 4.11. The predicted molar refractivity (Wildman–Crippen MR) is 80.2 cm³/mol. The molecule has 0 aliphatic rings. The molecular formula is C14H12ClNO3S. The average Bonchev–Trinajstić information content (AvgIpc) is 2.73. The predicted octanol–water partition coefficient (Wildman–Crippen LogP) is 3.97. The minimum atomic E-state index is -0.994. The Morgan fingerprint density at radius 1 is 1.20 bits per heavy atom. The van der Waals surface area contributed by atoms with E-state index in [0.717, 1.165) is 16.9 Å². The molecule has 0 saturated heterocycles. The van der Waals surface area contributed by atoms with Crippen molar-refractivity contribution in [3.63, 3.8) is 0 Å². The molecule has 1 heterocycles. The van der Waals surface area contributed by atoms with Crippen molar-refractivity contribution in [2.45, 2.75) is 13.8 Å². The zero-order chi connectivity index (χ0) is 14.9. The van der Waals surface area contributed by atoms with Crippen LogP contribution in [0.5, 0.6) is 0 Å². The lowest BCUT2D eigenvalue weighted by Crippen LogP contribution is -2.10. The zero-order valence-corrected chi connectivity index (χ0v) is 12.4. The van der Waals surface area contributed by atoms with E-state index in [-0.39, 0.29) is 10.8 Å². The topological polar surface area (TPSA) is 66.4 Å². The third-order valence-electron chi connectivity index (χ3n) is 2.78.